The zero-order valence-corrected chi connectivity index (χ0v) is 10.3. The molecule has 15 heavy (non-hydrogen) atoms. The van der Waals surface area contributed by atoms with Crippen molar-refractivity contribution in [2.75, 3.05) is 13.2 Å². The van der Waals surface area contributed by atoms with Gasteiger partial charge in [0.25, 0.3) is 0 Å². The lowest BCUT2D eigenvalue weighted by Crippen LogP contribution is -2.42. The molecule has 1 amide bonds. The Morgan fingerprint density at radius 1 is 1.33 bits per heavy atom. The Bertz CT molecular complexity index is 220. The lowest BCUT2D eigenvalue weighted by molar-refractivity contribution is -0.125. The number of amides is 1. The van der Waals surface area contributed by atoms with Gasteiger partial charge in [-0.15, -0.1) is 0 Å². The summed E-state index contributed by atoms with van der Waals surface area (Å²) in [5.74, 6) is 0.759. The second-order valence-corrected chi connectivity index (χ2v) is 5.33. The van der Waals surface area contributed by atoms with Crippen LogP contribution in [0.3, 0.4) is 0 Å². The minimum atomic E-state index is -0.0315. The highest BCUT2D eigenvalue weighted by Crippen LogP contribution is 2.35. The third-order valence-corrected chi connectivity index (χ3v) is 2.60. The fraction of sp³-hybridized carbons (Fsp3) is 0.917. The van der Waals surface area contributed by atoms with Crippen LogP contribution in [0.1, 0.15) is 40.5 Å². The van der Waals surface area contributed by atoms with Crippen molar-refractivity contribution in [1.29, 1.82) is 0 Å². The van der Waals surface area contributed by atoms with Gasteiger partial charge in [-0.05, 0) is 18.8 Å². The third kappa shape index (κ3) is 4.20. The van der Waals surface area contributed by atoms with Crippen molar-refractivity contribution in [3.8, 4) is 0 Å². The van der Waals surface area contributed by atoms with Gasteiger partial charge in [-0.3, -0.25) is 4.79 Å². The average molecular weight is 213 g/mol. The highest BCUT2D eigenvalue weighted by atomic mass is 16.5. The van der Waals surface area contributed by atoms with Gasteiger partial charge in [0.15, 0.2) is 0 Å². The van der Waals surface area contributed by atoms with Crippen LogP contribution in [0, 0.1) is 11.8 Å². The Kier molecular flexibility index (Phi) is 4.14. The number of carbonyl (C=O) groups is 1. The fourth-order valence-electron chi connectivity index (χ4n) is 1.35. The molecule has 0 heterocycles. The van der Waals surface area contributed by atoms with Crippen LogP contribution >= 0.6 is 0 Å². The van der Waals surface area contributed by atoms with E-state index >= 15 is 0 Å². The topological polar surface area (TPSA) is 38.3 Å². The van der Waals surface area contributed by atoms with Crippen LogP contribution in [0.2, 0.25) is 0 Å². The van der Waals surface area contributed by atoms with Gasteiger partial charge in [0.2, 0.25) is 5.91 Å². The molecule has 1 rings (SSSR count). The Morgan fingerprint density at radius 3 is 2.33 bits per heavy atom. The Balaban J connectivity index is 2.25. The molecule has 88 valence electrons. The van der Waals surface area contributed by atoms with E-state index in [1.54, 1.807) is 0 Å². The first-order valence-electron chi connectivity index (χ1n) is 5.85. The lowest BCUT2D eigenvalue weighted by Gasteiger charge is -2.19. The number of ether oxygens (including phenoxy) is 1. The maximum absolute atomic E-state index is 11.5. The first kappa shape index (κ1) is 12.5. The van der Waals surface area contributed by atoms with E-state index in [1.807, 2.05) is 13.8 Å². The summed E-state index contributed by atoms with van der Waals surface area (Å²) in [6.07, 6.45) is 2.12. The summed E-state index contributed by atoms with van der Waals surface area (Å²) in [5, 5.41) is 3.08. The van der Waals surface area contributed by atoms with Crippen molar-refractivity contribution < 1.29 is 9.53 Å². The van der Waals surface area contributed by atoms with E-state index in [-0.39, 0.29) is 17.4 Å². The summed E-state index contributed by atoms with van der Waals surface area (Å²) in [5.41, 5.74) is -0.0315. The van der Waals surface area contributed by atoms with Crippen molar-refractivity contribution in [3.05, 3.63) is 0 Å². The molecule has 0 aromatic carbocycles. The second-order valence-electron chi connectivity index (χ2n) is 5.33. The van der Waals surface area contributed by atoms with Crippen LogP contribution in [0.15, 0.2) is 0 Å². The molecule has 0 aromatic rings. The molecular weight excluding hydrogens is 190 g/mol. The molecule has 0 spiro atoms. The first-order valence-corrected chi connectivity index (χ1v) is 5.85. The van der Waals surface area contributed by atoms with E-state index in [4.69, 9.17) is 4.74 Å². The molecule has 3 heteroatoms. The molecule has 0 unspecified atom stereocenters. The van der Waals surface area contributed by atoms with Crippen molar-refractivity contribution in [2.24, 2.45) is 11.8 Å². The molecule has 0 aliphatic heterocycles. The van der Waals surface area contributed by atoms with Gasteiger partial charge >= 0.3 is 0 Å². The molecule has 0 radical (unpaired) electrons. The van der Waals surface area contributed by atoms with Crippen LogP contribution in [0.25, 0.3) is 0 Å². The van der Waals surface area contributed by atoms with E-state index in [1.165, 1.54) is 0 Å². The summed E-state index contributed by atoms with van der Waals surface area (Å²) < 4.78 is 5.59. The van der Waals surface area contributed by atoms with Gasteiger partial charge in [-0.2, -0.15) is 0 Å². The van der Waals surface area contributed by atoms with Crippen LogP contribution in [-0.4, -0.2) is 24.7 Å². The van der Waals surface area contributed by atoms with E-state index in [2.05, 4.69) is 19.2 Å². The molecule has 1 aliphatic carbocycles. The number of nitrogens with one attached hydrogen (secondary N) is 1. The minimum Gasteiger partial charge on any atom is -0.379 e. The largest absolute Gasteiger partial charge is 0.379 e. The molecule has 1 fully saturated rings. The summed E-state index contributed by atoms with van der Waals surface area (Å²) >= 11 is 0. The van der Waals surface area contributed by atoms with Crippen LogP contribution in [0.5, 0.6) is 0 Å². The summed E-state index contributed by atoms with van der Waals surface area (Å²) in [7, 11) is 0. The maximum Gasteiger partial charge on any atom is 0.223 e. The normalized spacial score (nSPS) is 18.3. The van der Waals surface area contributed by atoms with Crippen molar-refractivity contribution >= 4 is 5.91 Å². The van der Waals surface area contributed by atoms with Crippen LogP contribution < -0.4 is 5.32 Å². The van der Waals surface area contributed by atoms with Gasteiger partial charge in [-0.1, -0.05) is 27.7 Å². The Hall–Kier alpha value is -0.570. The molecule has 1 N–H and O–H groups in total. The van der Waals surface area contributed by atoms with Crippen LogP contribution in [0.4, 0.5) is 0 Å². The van der Waals surface area contributed by atoms with E-state index in [9.17, 15) is 4.79 Å². The molecule has 1 saturated carbocycles. The lowest BCUT2D eigenvalue weighted by atomic mass is 10.2. The van der Waals surface area contributed by atoms with Crippen molar-refractivity contribution in [3.63, 3.8) is 0 Å². The summed E-state index contributed by atoms with van der Waals surface area (Å²) in [6.45, 7) is 9.54. The van der Waals surface area contributed by atoms with E-state index in [0.29, 0.717) is 12.5 Å². The van der Waals surface area contributed by atoms with Gasteiger partial charge in [0.1, 0.15) is 0 Å². The second kappa shape index (κ2) is 4.97. The highest BCUT2D eigenvalue weighted by molar-refractivity contribution is 5.79. The SMILES string of the molecule is CC(C)COCC1(NC(=O)C(C)C)CC1. The molecule has 0 saturated heterocycles. The minimum absolute atomic E-state index is 0.0315. The quantitative estimate of drug-likeness (QED) is 0.732. The zero-order chi connectivity index (χ0) is 11.5. The number of hydrogen-bond acceptors (Lipinski definition) is 2. The van der Waals surface area contributed by atoms with E-state index in [0.717, 1.165) is 19.4 Å². The van der Waals surface area contributed by atoms with Crippen LogP contribution in [-0.2, 0) is 9.53 Å². The first-order chi connectivity index (χ1) is 6.95. The number of carbonyl (C=O) groups excluding carboxylic acids is 1. The van der Waals surface area contributed by atoms with Gasteiger partial charge in [-0.25, -0.2) is 0 Å². The molecular formula is C12H23NO2. The Labute approximate surface area is 92.6 Å². The molecule has 0 aromatic heterocycles. The number of hydrogen-bond donors (Lipinski definition) is 1. The standard InChI is InChI=1S/C12H23NO2/c1-9(2)7-15-8-12(5-6-12)13-11(14)10(3)4/h9-10H,5-8H2,1-4H3,(H,13,14). The molecule has 0 bridgehead atoms. The molecule has 1 aliphatic rings. The zero-order valence-electron chi connectivity index (χ0n) is 10.3. The molecule has 0 atom stereocenters. The predicted octanol–water partition coefficient (Wildman–Crippen LogP) is 1.96. The third-order valence-electron chi connectivity index (χ3n) is 2.60. The highest BCUT2D eigenvalue weighted by Gasteiger charge is 2.44. The monoisotopic (exact) mass is 213 g/mol. The van der Waals surface area contributed by atoms with Crippen molar-refractivity contribution in [2.45, 2.75) is 46.1 Å². The predicted molar refractivity (Wildman–Crippen MR) is 60.6 cm³/mol. The smallest absolute Gasteiger partial charge is 0.223 e. The molecule has 3 nitrogen and oxygen atoms in total. The van der Waals surface area contributed by atoms with Gasteiger partial charge < -0.3 is 10.1 Å². The summed E-state index contributed by atoms with van der Waals surface area (Å²) in [6, 6.07) is 0. The number of rotatable bonds is 6. The van der Waals surface area contributed by atoms with Gasteiger partial charge in [0.05, 0.1) is 12.1 Å². The Morgan fingerprint density at radius 2 is 1.93 bits per heavy atom. The fourth-order valence-corrected chi connectivity index (χ4v) is 1.35. The van der Waals surface area contributed by atoms with Gasteiger partial charge in [0, 0.05) is 12.5 Å². The maximum atomic E-state index is 11.5. The average Bonchev–Trinajstić information content (AvgIpc) is 2.84. The van der Waals surface area contributed by atoms with E-state index < -0.39 is 0 Å². The van der Waals surface area contributed by atoms with Crippen molar-refractivity contribution in [1.82, 2.24) is 5.32 Å². The summed E-state index contributed by atoms with van der Waals surface area (Å²) in [4.78, 5) is 11.5.